The molecule has 1 aliphatic rings. The SMILES string of the molecule is CNC(=O)c1ccc(C2CCCCN2C(=O)C(F)Cl)n1C. The van der Waals surface area contributed by atoms with Crippen LogP contribution < -0.4 is 5.32 Å². The number of nitrogens with zero attached hydrogens (tertiary/aromatic N) is 2. The van der Waals surface area contributed by atoms with Crippen molar-refractivity contribution in [2.75, 3.05) is 13.6 Å². The second-order valence-electron chi connectivity index (χ2n) is 5.13. The third-order valence-corrected chi connectivity index (χ3v) is 4.12. The Morgan fingerprint density at radius 1 is 1.43 bits per heavy atom. The minimum Gasteiger partial charge on any atom is -0.354 e. The average molecular weight is 316 g/mol. The summed E-state index contributed by atoms with van der Waals surface area (Å²) in [6.45, 7) is 0.483. The van der Waals surface area contributed by atoms with Crippen molar-refractivity contribution in [2.24, 2.45) is 7.05 Å². The van der Waals surface area contributed by atoms with Crippen LogP contribution in [0.3, 0.4) is 0 Å². The smallest absolute Gasteiger partial charge is 0.273 e. The van der Waals surface area contributed by atoms with E-state index in [0.717, 1.165) is 25.0 Å². The van der Waals surface area contributed by atoms with Crippen molar-refractivity contribution < 1.29 is 14.0 Å². The number of hydrogen-bond acceptors (Lipinski definition) is 2. The van der Waals surface area contributed by atoms with Gasteiger partial charge in [0.1, 0.15) is 5.69 Å². The van der Waals surface area contributed by atoms with Gasteiger partial charge >= 0.3 is 0 Å². The van der Waals surface area contributed by atoms with Gasteiger partial charge in [-0.2, -0.15) is 0 Å². The molecule has 2 unspecified atom stereocenters. The van der Waals surface area contributed by atoms with Gasteiger partial charge in [0.25, 0.3) is 17.4 Å². The molecule has 0 spiro atoms. The van der Waals surface area contributed by atoms with Crippen molar-refractivity contribution >= 4 is 23.4 Å². The first-order chi connectivity index (χ1) is 9.97. The Kier molecular flexibility index (Phi) is 4.88. The lowest BCUT2D eigenvalue weighted by atomic mass is 9.99. The molecule has 0 aromatic carbocycles. The Morgan fingerprint density at radius 2 is 2.14 bits per heavy atom. The Labute approximate surface area is 128 Å². The van der Waals surface area contributed by atoms with Crippen LogP contribution in [0.4, 0.5) is 4.39 Å². The molecule has 1 saturated heterocycles. The molecular formula is C14H19ClFN3O2. The monoisotopic (exact) mass is 315 g/mol. The van der Waals surface area contributed by atoms with Gasteiger partial charge in [-0.3, -0.25) is 9.59 Å². The molecule has 1 fully saturated rings. The van der Waals surface area contributed by atoms with E-state index >= 15 is 0 Å². The number of amides is 2. The zero-order valence-corrected chi connectivity index (χ0v) is 12.9. The van der Waals surface area contributed by atoms with Gasteiger partial charge in [-0.25, -0.2) is 4.39 Å². The highest BCUT2D eigenvalue weighted by Crippen LogP contribution is 2.32. The molecule has 2 amide bonds. The van der Waals surface area contributed by atoms with Gasteiger partial charge < -0.3 is 14.8 Å². The maximum atomic E-state index is 13.2. The number of nitrogens with one attached hydrogen (secondary N) is 1. The lowest BCUT2D eigenvalue weighted by molar-refractivity contribution is -0.137. The van der Waals surface area contributed by atoms with Crippen molar-refractivity contribution in [2.45, 2.75) is 30.9 Å². The van der Waals surface area contributed by atoms with E-state index in [0.29, 0.717) is 12.2 Å². The molecule has 1 aliphatic heterocycles. The highest BCUT2D eigenvalue weighted by molar-refractivity contribution is 6.29. The molecule has 0 bridgehead atoms. The average Bonchev–Trinajstić information content (AvgIpc) is 2.87. The topological polar surface area (TPSA) is 54.3 Å². The van der Waals surface area contributed by atoms with E-state index in [2.05, 4.69) is 5.32 Å². The summed E-state index contributed by atoms with van der Waals surface area (Å²) >= 11 is 5.30. The van der Waals surface area contributed by atoms with Crippen LogP contribution in [0, 0.1) is 0 Å². The number of likely N-dealkylation sites (tertiary alicyclic amines) is 1. The largest absolute Gasteiger partial charge is 0.354 e. The molecule has 1 aromatic rings. The number of aromatic nitrogens is 1. The standard InChI is InChI=1S/C14H19ClFN3O2/c1-17-13(20)11-7-6-9(18(11)2)10-5-3-4-8-19(10)14(21)12(15)16/h6-7,10,12H,3-5,8H2,1-2H3,(H,17,20). The summed E-state index contributed by atoms with van der Waals surface area (Å²) in [5.74, 6) is -0.901. The van der Waals surface area contributed by atoms with Crippen molar-refractivity contribution in [3.8, 4) is 0 Å². The second-order valence-corrected chi connectivity index (χ2v) is 5.51. The zero-order chi connectivity index (χ0) is 15.6. The van der Waals surface area contributed by atoms with Crippen molar-refractivity contribution in [1.82, 2.24) is 14.8 Å². The van der Waals surface area contributed by atoms with Crippen LogP contribution in [-0.2, 0) is 11.8 Å². The van der Waals surface area contributed by atoms with Crippen molar-refractivity contribution in [3.05, 3.63) is 23.5 Å². The quantitative estimate of drug-likeness (QED) is 0.867. The normalized spacial score (nSPS) is 20.2. The lowest BCUT2D eigenvalue weighted by Gasteiger charge is -2.36. The van der Waals surface area contributed by atoms with Crippen LogP contribution in [0.1, 0.15) is 41.5 Å². The molecule has 7 heteroatoms. The van der Waals surface area contributed by atoms with Crippen LogP contribution in [-0.4, -0.2) is 40.5 Å². The molecule has 21 heavy (non-hydrogen) atoms. The van der Waals surface area contributed by atoms with Gasteiger partial charge in [-0.1, -0.05) is 11.6 Å². The number of carbonyl (C=O) groups is 2. The third-order valence-electron chi connectivity index (χ3n) is 3.93. The van der Waals surface area contributed by atoms with Gasteiger partial charge in [0, 0.05) is 26.3 Å². The van der Waals surface area contributed by atoms with E-state index in [1.54, 1.807) is 24.7 Å². The van der Waals surface area contributed by atoms with Gasteiger partial charge in [0.2, 0.25) is 0 Å². The number of alkyl halides is 2. The number of piperidine rings is 1. The first kappa shape index (κ1) is 15.8. The van der Waals surface area contributed by atoms with E-state index in [4.69, 9.17) is 11.6 Å². The van der Waals surface area contributed by atoms with Crippen molar-refractivity contribution in [1.29, 1.82) is 0 Å². The van der Waals surface area contributed by atoms with Gasteiger partial charge in [0.15, 0.2) is 0 Å². The summed E-state index contributed by atoms with van der Waals surface area (Å²) in [6.07, 6.45) is 2.52. The predicted molar refractivity (Wildman–Crippen MR) is 77.9 cm³/mol. The van der Waals surface area contributed by atoms with Gasteiger partial charge in [0.05, 0.1) is 6.04 Å². The first-order valence-corrected chi connectivity index (χ1v) is 7.37. The number of hydrogen-bond donors (Lipinski definition) is 1. The Morgan fingerprint density at radius 3 is 2.76 bits per heavy atom. The summed E-state index contributed by atoms with van der Waals surface area (Å²) in [7, 11) is 3.33. The van der Waals surface area contributed by atoms with Crippen LogP contribution in [0.5, 0.6) is 0 Å². The maximum absolute atomic E-state index is 13.2. The van der Waals surface area contributed by atoms with Crippen LogP contribution in [0.15, 0.2) is 12.1 Å². The van der Waals surface area contributed by atoms with Crippen LogP contribution >= 0.6 is 11.6 Å². The molecule has 2 rings (SSSR count). The minimum atomic E-state index is -2.02. The highest BCUT2D eigenvalue weighted by atomic mass is 35.5. The Balaban J connectivity index is 2.32. The first-order valence-electron chi connectivity index (χ1n) is 6.93. The second kappa shape index (κ2) is 6.47. The molecule has 5 nitrogen and oxygen atoms in total. The molecule has 1 N–H and O–H groups in total. The molecule has 0 radical (unpaired) electrons. The molecule has 2 atom stereocenters. The zero-order valence-electron chi connectivity index (χ0n) is 12.1. The highest BCUT2D eigenvalue weighted by Gasteiger charge is 2.33. The van der Waals surface area contributed by atoms with Crippen LogP contribution in [0.25, 0.3) is 0 Å². The molecule has 116 valence electrons. The number of carbonyl (C=O) groups excluding carboxylic acids is 2. The lowest BCUT2D eigenvalue weighted by Crippen LogP contribution is -2.42. The summed E-state index contributed by atoms with van der Waals surface area (Å²) < 4.78 is 14.9. The van der Waals surface area contributed by atoms with Gasteiger partial charge in [-0.15, -0.1) is 0 Å². The summed E-state index contributed by atoms with van der Waals surface area (Å²) in [4.78, 5) is 25.2. The molecular weight excluding hydrogens is 297 g/mol. The maximum Gasteiger partial charge on any atom is 0.273 e. The van der Waals surface area contributed by atoms with Gasteiger partial charge in [-0.05, 0) is 31.4 Å². The molecule has 0 aliphatic carbocycles. The fourth-order valence-corrected chi connectivity index (χ4v) is 2.97. The number of halogens is 2. The van der Waals surface area contributed by atoms with E-state index in [9.17, 15) is 14.0 Å². The van der Waals surface area contributed by atoms with E-state index in [1.807, 2.05) is 6.07 Å². The molecule has 0 saturated carbocycles. The summed E-state index contributed by atoms with van der Waals surface area (Å²) in [5.41, 5.74) is -0.698. The fraction of sp³-hybridized carbons (Fsp3) is 0.571. The van der Waals surface area contributed by atoms with E-state index < -0.39 is 11.5 Å². The predicted octanol–water partition coefficient (Wildman–Crippen LogP) is 1.97. The number of rotatable bonds is 3. The minimum absolute atomic E-state index is 0.196. The van der Waals surface area contributed by atoms with E-state index in [1.165, 1.54) is 4.90 Å². The summed E-state index contributed by atoms with van der Waals surface area (Å²) in [6, 6.07) is 3.27. The Hall–Kier alpha value is -1.56. The van der Waals surface area contributed by atoms with Crippen molar-refractivity contribution in [3.63, 3.8) is 0 Å². The molecule has 2 heterocycles. The fourth-order valence-electron chi connectivity index (χ4n) is 2.85. The van der Waals surface area contributed by atoms with Crippen LogP contribution in [0.2, 0.25) is 0 Å². The molecule has 1 aromatic heterocycles. The van der Waals surface area contributed by atoms with E-state index in [-0.39, 0.29) is 11.9 Å². The third kappa shape index (κ3) is 3.05. The summed E-state index contributed by atoms with van der Waals surface area (Å²) in [5, 5.41) is 2.57. The Bertz CT molecular complexity index is 544.